The van der Waals surface area contributed by atoms with Crippen LogP contribution in [-0.2, 0) is 4.79 Å². The minimum Gasteiger partial charge on any atom is -0.373 e. The van der Waals surface area contributed by atoms with Gasteiger partial charge in [0.25, 0.3) is 5.91 Å². The Morgan fingerprint density at radius 2 is 1.92 bits per heavy atom. The first-order valence-corrected chi connectivity index (χ1v) is 8.25. The molecule has 2 rings (SSSR count). The molecule has 0 aliphatic rings. The third kappa shape index (κ3) is 4.23. The molecule has 128 valence electrons. The Labute approximate surface area is 144 Å². The van der Waals surface area contributed by atoms with Gasteiger partial charge in [-0.05, 0) is 48.6 Å². The van der Waals surface area contributed by atoms with Crippen LogP contribution in [0.5, 0.6) is 0 Å². The fourth-order valence-electron chi connectivity index (χ4n) is 2.25. The molecule has 1 unspecified atom stereocenters. The highest BCUT2D eigenvalue weighted by molar-refractivity contribution is 7.10. The van der Waals surface area contributed by atoms with Gasteiger partial charge in [-0.15, -0.1) is 0 Å². The summed E-state index contributed by atoms with van der Waals surface area (Å²) in [5, 5.41) is 7.04. The van der Waals surface area contributed by atoms with Crippen molar-refractivity contribution in [2.75, 3.05) is 10.6 Å². The van der Waals surface area contributed by atoms with E-state index in [0.29, 0.717) is 16.9 Å². The van der Waals surface area contributed by atoms with Crippen LogP contribution in [-0.4, -0.2) is 22.2 Å². The molecule has 6 N–H and O–H groups in total. The molecule has 24 heavy (non-hydrogen) atoms. The fraction of sp³-hybridized carbons (Fsp3) is 0.312. The number of amides is 2. The van der Waals surface area contributed by atoms with E-state index in [-0.39, 0.29) is 5.92 Å². The van der Waals surface area contributed by atoms with Crippen LogP contribution in [0.2, 0.25) is 0 Å². The SMILES string of the molecule is Cc1cc(Nc2cc(NC(C(N)=O)C(C)C)ccc2C(N)=O)sn1. The normalized spacial score (nSPS) is 12.0. The van der Waals surface area contributed by atoms with Gasteiger partial charge in [-0.3, -0.25) is 9.59 Å². The third-order valence-corrected chi connectivity index (χ3v) is 4.26. The van der Waals surface area contributed by atoms with Crippen molar-refractivity contribution in [2.45, 2.75) is 26.8 Å². The van der Waals surface area contributed by atoms with Gasteiger partial charge in [-0.25, -0.2) is 0 Å². The number of hydrogen-bond acceptors (Lipinski definition) is 6. The zero-order valence-corrected chi connectivity index (χ0v) is 14.6. The summed E-state index contributed by atoms with van der Waals surface area (Å²) in [6.45, 7) is 5.69. The van der Waals surface area contributed by atoms with Crippen molar-refractivity contribution < 1.29 is 9.59 Å². The molecule has 0 spiro atoms. The maximum Gasteiger partial charge on any atom is 0.250 e. The Hall–Kier alpha value is -2.61. The Kier molecular flexibility index (Phi) is 5.40. The monoisotopic (exact) mass is 347 g/mol. The second-order valence-corrected chi connectivity index (χ2v) is 6.66. The molecule has 1 aromatic heterocycles. The molecule has 0 radical (unpaired) electrons. The summed E-state index contributed by atoms with van der Waals surface area (Å²) in [6.07, 6.45) is 0. The van der Waals surface area contributed by atoms with Gasteiger partial charge >= 0.3 is 0 Å². The van der Waals surface area contributed by atoms with E-state index in [1.165, 1.54) is 11.5 Å². The van der Waals surface area contributed by atoms with Crippen LogP contribution in [0.4, 0.5) is 16.4 Å². The minimum absolute atomic E-state index is 0.0267. The van der Waals surface area contributed by atoms with E-state index in [4.69, 9.17) is 11.5 Å². The number of benzene rings is 1. The highest BCUT2D eigenvalue weighted by Gasteiger charge is 2.20. The van der Waals surface area contributed by atoms with Crippen LogP contribution in [0, 0.1) is 12.8 Å². The Morgan fingerprint density at radius 3 is 2.42 bits per heavy atom. The fourth-order valence-corrected chi connectivity index (χ4v) is 2.93. The van der Waals surface area contributed by atoms with Gasteiger partial charge in [-0.2, -0.15) is 4.37 Å². The first-order valence-electron chi connectivity index (χ1n) is 7.48. The summed E-state index contributed by atoms with van der Waals surface area (Å²) in [6, 6.07) is 6.40. The molecule has 0 saturated heterocycles. The number of anilines is 3. The highest BCUT2D eigenvalue weighted by atomic mass is 32.1. The third-order valence-electron chi connectivity index (χ3n) is 3.47. The van der Waals surface area contributed by atoms with Gasteiger partial charge < -0.3 is 22.1 Å². The minimum atomic E-state index is -0.541. The molecule has 1 atom stereocenters. The van der Waals surface area contributed by atoms with Crippen molar-refractivity contribution in [2.24, 2.45) is 17.4 Å². The number of carbonyl (C=O) groups is 2. The number of nitrogens with zero attached hydrogens (tertiary/aromatic N) is 1. The zero-order valence-electron chi connectivity index (χ0n) is 13.8. The highest BCUT2D eigenvalue weighted by Crippen LogP contribution is 2.28. The molecule has 0 saturated carbocycles. The van der Waals surface area contributed by atoms with Crippen molar-refractivity contribution in [1.29, 1.82) is 0 Å². The summed E-state index contributed by atoms with van der Waals surface area (Å²) in [4.78, 5) is 23.2. The van der Waals surface area contributed by atoms with Crippen LogP contribution >= 0.6 is 11.5 Å². The van der Waals surface area contributed by atoms with Crippen LogP contribution in [0.15, 0.2) is 24.3 Å². The van der Waals surface area contributed by atoms with E-state index >= 15 is 0 Å². The molecular weight excluding hydrogens is 326 g/mol. The molecule has 1 aromatic carbocycles. The summed E-state index contributed by atoms with van der Waals surface area (Å²) in [5.41, 5.74) is 13.3. The maximum atomic E-state index is 11.6. The second kappa shape index (κ2) is 7.31. The summed E-state index contributed by atoms with van der Waals surface area (Å²) in [5.74, 6) is -0.948. The predicted molar refractivity (Wildman–Crippen MR) is 96.5 cm³/mol. The van der Waals surface area contributed by atoms with Crippen LogP contribution in [0.25, 0.3) is 0 Å². The van der Waals surface area contributed by atoms with Crippen molar-refractivity contribution in [1.82, 2.24) is 4.37 Å². The number of aryl methyl sites for hydroxylation is 1. The smallest absolute Gasteiger partial charge is 0.250 e. The molecule has 0 fully saturated rings. The molecule has 0 aliphatic heterocycles. The Balaban J connectivity index is 2.33. The van der Waals surface area contributed by atoms with Gasteiger partial charge in [0, 0.05) is 5.69 Å². The van der Waals surface area contributed by atoms with Gasteiger partial charge in [0.15, 0.2) is 0 Å². The lowest BCUT2D eigenvalue weighted by Crippen LogP contribution is -2.39. The standard InChI is InChI=1S/C16H21N5O2S/c1-8(2)14(16(18)23)19-10-4-5-11(15(17)22)12(7-10)20-13-6-9(3)21-24-13/h4-8,14,19-20H,1-3H3,(H2,17,22)(H2,18,23). The average Bonchev–Trinajstić information content (AvgIpc) is 2.89. The Bertz CT molecular complexity index is 757. The summed E-state index contributed by atoms with van der Waals surface area (Å²) >= 11 is 1.29. The largest absolute Gasteiger partial charge is 0.373 e. The molecule has 8 heteroatoms. The van der Waals surface area contributed by atoms with E-state index in [1.54, 1.807) is 18.2 Å². The van der Waals surface area contributed by atoms with E-state index in [0.717, 1.165) is 10.7 Å². The Morgan fingerprint density at radius 1 is 1.21 bits per heavy atom. The molecule has 2 amide bonds. The average molecular weight is 347 g/mol. The number of rotatable bonds is 7. The van der Waals surface area contributed by atoms with Crippen LogP contribution in [0.1, 0.15) is 29.9 Å². The van der Waals surface area contributed by atoms with Crippen molar-refractivity contribution in [3.63, 3.8) is 0 Å². The van der Waals surface area contributed by atoms with Crippen molar-refractivity contribution >= 4 is 39.7 Å². The molecule has 0 bridgehead atoms. The number of nitrogens with two attached hydrogens (primary N) is 2. The molecule has 1 heterocycles. The van der Waals surface area contributed by atoms with E-state index in [9.17, 15) is 9.59 Å². The zero-order chi connectivity index (χ0) is 17.9. The van der Waals surface area contributed by atoms with Gasteiger partial charge in [0.05, 0.1) is 16.9 Å². The van der Waals surface area contributed by atoms with E-state index < -0.39 is 17.9 Å². The van der Waals surface area contributed by atoms with Gasteiger partial charge in [0.2, 0.25) is 5.91 Å². The number of primary amides is 2. The lowest BCUT2D eigenvalue weighted by Gasteiger charge is -2.21. The van der Waals surface area contributed by atoms with E-state index in [2.05, 4.69) is 15.0 Å². The second-order valence-electron chi connectivity index (χ2n) is 5.85. The maximum absolute atomic E-state index is 11.6. The van der Waals surface area contributed by atoms with E-state index in [1.807, 2.05) is 26.8 Å². The van der Waals surface area contributed by atoms with Gasteiger partial charge in [-0.1, -0.05) is 13.8 Å². The van der Waals surface area contributed by atoms with Crippen molar-refractivity contribution in [3.05, 3.63) is 35.5 Å². The summed E-state index contributed by atoms with van der Waals surface area (Å²) < 4.78 is 4.19. The molecule has 2 aromatic rings. The first-order chi connectivity index (χ1) is 11.3. The molecular formula is C16H21N5O2S. The summed E-state index contributed by atoms with van der Waals surface area (Å²) in [7, 11) is 0. The number of nitrogens with one attached hydrogen (secondary N) is 2. The van der Waals surface area contributed by atoms with Crippen LogP contribution < -0.4 is 22.1 Å². The van der Waals surface area contributed by atoms with Gasteiger partial charge in [0.1, 0.15) is 11.0 Å². The topological polar surface area (TPSA) is 123 Å². The molecule has 7 nitrogen and oxygen atoms in total. The molecule has 0 aliphatic carbocycles. The number of carbonyl (C=O) groups excluding carboxylic acids is 2. The number of hydrogen-bond donors (Lipinski definition) is 4. The predicted octanol–water partition coefficient (Wildman–Crippen LogP) is 2.22. The quantitative estimate of drug-likeness (QED) is 0.611. The van der Waals surface area contributed by atoms with Crippen LogP contribution in [0.3, 0.4) is 0 Å². The first kappa shape index (κ1) is 17.7. The number of aromatic nitrogens is 1. The lowest BCUT2D eigenvalue weighted by atomic mass is 10.0. The van der Waals surface area contributed by atoms with Crippen molar-refractivity contribution in [3.8, 4) is 0 Å². The lowest BCUT2D eigenvalue weighted by molar-refractivity contribution is -0.119.